The van der Waals surface area contributed by atoms with Gasteiger partial charge in [-0.2, -0.15) is 5.10 Å². The molecule has 1 N–H and O–H groups in total. The number of fused-ring (bicyclic) bond motifs is 1. The predicted molar refractivity (Wildman–Crippen MR) is 89.9 cm³/mol. The van der Waals surface area contributed by atoms with Crippen molar-refractivity contribution in [3.8, 4) is 33.9 Å². The zero-order valence-corrected chi connectivity index (χ0v) is 13.2. The fraction of sp³-hybridized carbons (Fsp3) is 0.211. The fourth-order valence-corrected chi connectivity index (χ4v) is 2.98. The molecule has 4 heteroatoms. The van der Waals surface area contributed by atoms with Crippen molar-refractivity contribution in [3.05, 3.63) is 53.7 Å². The Bertz CT molecular complexity index is 868. The van der Waals surface area contributed by atoms with E-state index in [1.807, 2.05) is 19.1 Å². The Morgan fingerprint density at radius 3 is 2.57 bits per heavy atom. The van der Waals surface area contributed by atoms with Crippen LogP contribution in [0.15, 0.2) is 42.5 Å². The molecule has 4 rings (SSSR count). The minimum atomic E-state index is 0.589. The number of hydrogen-bond acceptors (Lipinski definition) is 3. The van der Waals surface area contributed by atoms with Gasteiger partial charge in [0.2, 0.25) is 0 Å². The maximum Gasteiger partial charge on any atom is 0.161 e. The van der Waals surface area contributed by atoms with Crippen molar-refractivity contribution >= 4 is 0 Å². The van der Waals surface area contributed by atoms with E-state index < -0.39 is 0 Å². The van der Waals surface area contributed by atoms with Gasteiger partial charge in [0.25, 0.3) is 0 Å². The molecule has 0 saturated heterocycles. The molecule has 0 amide bonds. The van der Waals surface area contributed by atoms with Gasteiger partial charge < -0.3 is 9.47 Å². The Labute approximate surface area is 135 Å². The van der Waals surface area contributed by atoms with E-state index in [9.17, 15) is 0 Å². The largest absolute Gasteiger partial charge is 0.486 e. The molecule has 23 heavy (non-hydrogen) atoms. The standard InChI is InChI=1S/C19H18N2O2/c1-12-4-3-5-15(10-12)19-18(13(2)20-21-19)14-6-7-16-17(11-14)23-9-8-22-16/h3-7,10-11H,8-9H2,1-2H3,(H,20,21). The van der Waals surface area contributed by atoms with Crippen LogP contribution >= 0.6 is 0 Å². The van der Waals surface area contributed by atoms with Gasteiger partial charge >= 0.3 is 0 Å². The number of aromatic nitrogens is 2. The van der Waals surface area contributed by atoms with E-state index in [1.54, 1.807) is 0 Å². The Kier molecular flexibility index (Phi) is 3.30. The minimum absolute atomic E-state index is 0.589. The summed E-state index contributed by atoms with van der Waals surface area (Å²) in [6, 6.07) is 14.4. The lowest BCUT2D eigenvalue weighted by molar-refractivity contribution is 0.171. The van der Waals surface area contributed by atoms with Gasteiger partial charge in [0, 0.05) is 16.8 Å². The lowest BCUT2D eigenvalue weighted by Crippen LogP contribution is -2.15. The molecule has 0 atom stereocenters. The summed E-state index contributed by atoms with van der Waals surface area (Å²) in [5.41, 5.74) is 6.51. The number of aromatic amines is 1. The Morgan fingerprint density at radius 2 is 1.74 bits per heavy atom. The molecule has 116 valence electrons. The Morgan fingerprint density at radius 1 is 0.913 bits per heavy atom. The van der Waals surface area contributed by atoms with Crippen molar-refractivity contribution in [3.63, 3.8) is 0 Å². The zero-order chi connectivity index (χ0) is 15.8. The minimum Gasteiger partial charge on any atom is -0.486 e. The summed E-state index contributed by atoms with van der Waals surface area (Å²) in [5, 5.41) is 7.63. The number of H-pyrrole nitrogens is 1. The second kappa shape index (κ2) is 5.47. The van der Waals surface area contributed by atoms with Crippen molar-refractivity contribution in [2.24, 2.45) is 0 Å². The Balaban J connectivity index is 1.85. The van der Waals surface area contributed by atoms with E-state index in [0.29, 0.717) is 13.2 Å². The molecule has 0 aliphatic carbocycles. The summed E-state index contributed by atoms with van der Waals surface area (Å²) in [5.74, 6) is 1.60. The van der Waals surface area contributed by atoms with Gasteiger partial charge in [-0.1, -0.05) is 29.8 Å². The predicted octanol–water partition coefficient (Wildman–Crippen LogP) is 4.13. The van der Waals surface area contributed by atoms with E-state index in [4.69, 9.17) is 9.47 Å². The summed E-state index contributed by atoms with van der Waals surface area (Å²) >= 11 is 0. The number of benzene rings is 2. The van der Waals surface area contributed by atoms with E-state index in [-0.39, 0.29) is 0 Å². The van der Waals surface area contributed by atoms with Crippen molar-refractivity contribution < 1.29 is 9.47 Å². The summed E-state index contributed by atoms with van der Waals surface area (Å²) in [4.78, 5) is 0. The summed E-state index contributed by atoms with van der Waals surface area (Å²) in [7, 11) is 0. The molecule has 1 aromatic heterocycles. The highest BCUT2D eigenvalue weighted by Crippen LogP contribution is 2.38. The van der Waals surface area contributed by atoms with E-state index in [1.165, 1.54) is 5.56 Å². The maximum atomic E-state index is 5.71. The molecular weight excluding hydrogens is 288 g/mol. The molecule has 0 saturated carbocycles. The van der Waals surface area contributed by atoms with Crippen LogP contribution in [0, 0.1) is 13.8 Å². The van der Waals surface area contributed by atoms with Gasteiger partial charge in [0.05, 0.1) is 0 Å². The molecule has 0 spiro atoms. The third-order valence-corrected chi connectivity index (χ3v) is 4.07. The van der Waals surface area contributed by atoms with Gasteiger partial charge in [-0.05, 0) is 37.6 Å². The van der Waals surface area contributed by atoms with Crippen LogP contribution < -0.4 is 9.47 Å². The maximum absolute atomic E-state index is 5.71. The highest BCUT2D eigenvalue weighted by molar-refractivity contribution is 5.83. The first kappa shape index (κ1) is 13.9. The van der Waals surface area contributed by atoms with Crippen LogP contribution in [0.25, 0.3) is 22.4 Å². The summed E-state index contributed by atoms with van der Waals surface area (Å²) in [6.07, 6.45) is 0. The normalized spacial score (nSPS) is 13.1. The van der Waals surface area contributed by atoms with Gasteiger partial charge in [-0.15, -0.1) is 0 Å². The van der Waals surface area contributed by atoms with E-state index in [2.05, 4.69) is 47.5 Å². The highest BCUT2D eigenvalue weighted by atomic mass is 16.6. The van der Waals surface area contributed by atoms with Crippen molar-refractivity contribution in [1.29, 1.82) is 0 Å². The molecule has 0 radical (unpaired) electrons. The number of rotatable bonds is 2. The van der Waals surface area contributed by atoms with E-state index in [0.717, 1.165) is 39.6 Å². The topological polar surface area (TPSA) is 47.1 Å². The Hall–Kier alpha value is -2.75. The fourth-order valence-electron chi connectivity index (χ4n) is 2.98. The van der Waals surface area contributed by atoms with Crippen LogP contribution in [0.4, 0.5) is 0 Å². The third-order valence-electron chi connectivity index (χ3n) is 4.07. The van der Waals surface area contributed by atoms with Crippen molar-refractivity contribution in [2.75, 3.05) is 13.2 Å². The molecule has 2 heterocycles. The zero-order valence-electron chi connectivity index (χ0n) is 13.2. The van der Waals surface area contributed by atoms with Crippen LogP contribution in [0.1, 0.15) is 11.3 Å². The first-order chi connectivity index (χ1) is 11.2. The van der Waals surface area contributed by atoms with E-state index >= 15 is 0 Å². The number of aryl methyl sites for hydroxylation is 2. The van der Waals surface area contributed by atoms with Crippen LogP contribution in [0.5, 0.6) is 11.5 Å². The molecule has 2 aromatic carbocycles. The van der Waals surface area contributed by atoms with Gasteiger partial charge in [-0.25, -0.2) is 0 Å². The van der Waals surface area contributed by atoms with Gasteiger partial charge in [0.15, 0.2) is 11.5 Å². The van der Waals surface area contributed by atoms with Gasteiger partial charge in [-0.3, -0.25) is 5.10 Å². The number of ether oxygens (including phenoxy) is 2. The molecular formula is C19H18N2O2. The van der Waals surface area contributed by atoms with Crippen LogP contribution in [0.2, 0.25) is 0 Å². The molecule has 3 aromatic rings. The van der Waals surface area contributed by atoms with Crippen LogP contribution in [-0.2, 0) is 0 Å². The molecule has 1 aliphatic heterocycles. The number of nitrogens with zero attached hydrogens (tertiary/aromatic N) is 1. The summed E-state index contributed by atoms with van der Waals surface area (Å²) < 4.78 is 11.3. The molecule has 0 fully saturated rings. The highest BCUT2D eigenvalue weighted by Gasteiger charge is 2.18. The van der Waals surface area contributed by atoms with Gasteiger partial charge in [0.1, 0.15) is 18.9 Å². The first-order valence-corrected chi connectivity index (χ1v) is 7.74. The average molecular weight is 306 g/mol. The second-order valence-corrected chi connectivity index (χ2v) is 5.80. The molecule has 1 aliphatic rings. The average Bonchev–Trinajstić information content (AvgIpc) is 2.96. The monoisotopic (exact) mass is 306 g/mol. The lowest BCUT2D eigenvalue weighted by atomic mass is 9.98. The van der Waals surface area contributed by atoms with Crippen LogP contribution in [0.3, 0.4) is 0 Å². The van der Waals surface area contributed by atoms with Crippen LogP contribution in [-0.4, -0.2) is 23.4 Å². The lowest BCUT2D eigenvalue weighted by Gasteiger charge is -2.19. The van der Waals surface area contributed by atoms with Crippen molar-refractivity contribution in [2.45, 2.75) is 13.8 Å². The first-order valence-electron chi connectivity index (χ1n) is 7.74. The summed E-state index contributed by atoms with van der Waals surface area (Å²) in [6.45, 7) is 5.32. The second-order valence-electron chi connectivity index (χ2n) is 5.80. The molecule has 4 nitrogen and oxygen atoms in total. The third kappa shape index (κ3) is 2.46. The number of nitrogens with one attached hydrogen (secondary N) is 1. The molecule has 0 bridgehead atoms. The number of hydrogen-bond donors (Lipinski definition) is 1. The molecule has 0 unspecified atom stereocenters. The van der Waals surface area contributed by atoms with Crippen molar-refractivity contribution in [1.82, 2.24) is 10.2 Å². The SMILES string of the molecule is Cc1cccc(-c2n[nH]c(C)c2-c2ccc3c(c2)OCCO3)c1. The quantitative estimate of drug-likeness (QED) is 0.774. The smallest absolute Gasteiger partial charge is 0.161 e.